The molecule has 2 amide bonds. The lowest BCUT2D eigenvalue weighted by Gasteiger charge is -2.46. The van der Waals surface area contributed by atoms with Gasteiger partial charge in [-0.25, -0.2) is 4.79 Å². The number of rotatable bonds is 8. The molecule has 1 aromatic heterocycles. The Balaban J connectivity index is 1.38. The van der Waals surface area contributed by atoms with Crippen molar-refractivity contribution in [2.75, 3.05) is 13.1 Å². The van der Waals surface area contributed by atoms with E-state index >= 15 is 0 Å². The Morgan fingerprint density at radius 3 is 2.54 bits per heavy atom. The van der Waals surface area contributed by atoms with Crippen LogP contribution in [-0.2, 0) is 6.42 Å². The van der Waals surface area contributed by atoms with Gasteiger partial charge in [-0.05, 0) is 111 Å². The van der Waals surface area contributed by atoms with E-state index in [0.717, 1.165) is 46.0 Å². The van der Waals surface area contributed by atoms with Gasteiger partial charge in [-0.1, -0.05) is 86.2 Å². The van der Waals surface area contributed by atoms with Crippen LogP contribution < -0.4 is 5.32 Å². The Kier molecular flexibility index (Phi) is 11.0. The van der Waals surface area contributed by atoms with Gasteiger partial charge in [-0.3, -0.25) is 4.79 Å². The maximum atomic E-state index is 14.5. The normalized spacial score (nSPS) is 24.6. The lowest BCUT2D eigenvalue weighted by Crippen LogP contribution is -2.55. The zero-order chi connectivity index (χ0) is 35.5. The highest BCUT2D eigenvalue weighted by Crippen LogP contribution is 2.59. The van der Waals surface area contributed by atoms with Crippen LogP contribution in [-0.4, -0.2) is 51.7 Å². The van der Waals surface area contributed by atoms with Crippen molar-refractivity contribution in [2.24, 2.45) is 5.41 Å². The maximum Gasteiger partial charge on any atom is 0.317 e. The second kappa shape index (κ2) is 15.2. The van der Waals surface area contributed by atoms with Gasteiger partial charge >= 0.3 is 6.03 Å². The summed E-state index contributed by atoms with van der Waals surface area (Å²) in [4.78, 5) is 30.9. The number of nitrogens with one attached hydrogen (secondary N) is 1. The smallest absolute Gasteiger partial charge is 0.317 e. The maximum absolute atomic E-state index is 14.5. The molecule has 1 saturated carbocycles. The van der Waals surface area contributed by atoms with Crippen LogP contribution in [0.15, 0.2) is 90.5 Å². The number of aliphatic hydroxyl groups excluding tert-OH is 1. The van der Waals surface area contributed by atoms with Gasteiger partial charge < -0.3 is 20.4 Å². The minimum atomic E-state index is -1.17. The second-order valence-electron chi connectivity index (χ2n) is 14.9. The van der Waals surface area contributed by atoms with Crippen LogP contribution in [0.5, 0.6) is 0 Å². The van der Waals surface area contributed by atoms with Gasteiger partial charge in [-0.15, -0.1) is 11.3 Å². The highest BCUT2D eigenvalue weighted by molar-refractivity contribution is 7.21. The molecule has 0 aliphatic heterocycles. The van der Waals surface area contributed by atoms with Gasteiger partial charge in [-0.2, -0.15) is 0 Å². The fraction of sp³-hybridized carbons (Fsp3) is 0.442. The minimum Gasteiger partial charge on any atom is -0.393 e. The average molecular weight is 693 g/mol. The van der Waals surface area contributed by atoms with Gasteiger partial charge in [0.1, 0.15) is 0 Å². The SMILES string of the molecule is CCCN(CC1(O)CCC2c3ccc(cc3C(=O)c3cc4ccccc4s3)CC(O)CCC(C)=CCCC21C)C(=O)NC(C)c1ccccc1. The Morgan fingerprint density at radius 1 is 1.02 bits per heavy atom. The van der Waals surface area contributed by atoms with Crippen LogP contribution in [0, 0.1) is 5.41 Å². The Hall–Kier alpha value is -3.78. The van der Waals surface area contributed by atoms with E-state index in [2.05, 4.69) is 44.3 Å². The second-order valence-corrected chi connectivity index (χ2v) is 16.0. The first-order valence-electron chi connectivity index (χ1n) is 18.3. The number of allylic oxidation sites excluding steroid dienone is 2. The zero-order valence-electron chi connectivity index (χ0n) is 30.0. The molecule has 3 aliphatic carbocycles. The molecule has 264 valence electrons. The predicted molar refractivity (Wildman–Crippen MR) is 204 cm³/mol. The first-order valence-corrected chi connectivity index (χ1v) is 19.2. The van der Waals surface area contributed by atoms with E-state index in [4.69, 9.17) is 0 Å². The predicted octanol–water partition coefficient (Wildman–Crippen LogP) is 9.35. The van der Waals surface area contributed by atoms with Gasteiger partial charge in [0.25, 0.3) is 0 Å². The molecule has 0 radical (unpaired) electrons. The molecule has 1 heterocycles. The van der Waals surface area contributed by atoms with Gasteiger partial charge in [0.15, 0.2) is 0 Å². The fourth-order valence-corrected chi connectivity index (χ4v) is 9.38. The summed E-state index contributed by atoms with van der Waals surface area (Å²) in [5.41, 5.74) is 3.02. The molecule has 5 unspecified atom stereocenters. The first kappa shape index (κ1) is 36.0. The third-order valence-electron chi connectivity index (χ3n) is 11.4. The molecular formula is C43H52N2O4S. The number of nitrogens with zero attached hydrogens (tertiary/aromatic N) is 1. The van der Waals surface area contributed by atoms with E-state index in [-0.39, 0.29) is 30.3 Å². The molecule has 3 aromatic carbocycles. The van der Waals surface area contributed by atoms with Crippen LogP contribution in [0.1, 0.15) is 117 Å². The molecule has 0 saturated heterocycles. The van der Waals surface area contributed by atoms with Crippen molar-refractivity contribution in [3.63, 3.8) is 0 Å². The average Bonchev–Trinajstić information content (AvgIpc) is 3.65. The van der Waals surface area contributed by atoms with Crippen LogP contribution in [0.2, 0.25) is 0 Å². The number of hydrogen-bond acceptors (Lipinski definition) is 5. The number of urea groups is 1. The van der Waals surface area contributed by atoms with Crippen LogP contribution >= 0.6 is 11.3 Å². The van der Waals surface area contributed by atoms with E-state index in [1.54, 1.807) is 4.90 Å². The topological polar surface area (TPSA) is 89.9 Å². The Labute approximate surface area is 301 Å². The van der Waals surface area contributed by atoms with Gasteiger partial charge in [0.2, 0.25) is 5.78 Å². The fourth-order valence-electron chi connectivity index (χ4n) is 8.36. The van der Waals surface area contributed by atoms with Crippen molar-refractivity contribution in [1.29, 1.82) is 0 Å². The molecule has 2 bridgehead atoms. The summed E-state index contributed by atoms with van der Waals surface area (Å²) in [6.07, 6.45) is 7.14. The summed E-state index contributed by atoms with van der Waals surface area (Å²) in [5.74, 6) is -0.119. The van der Waals surface area contributed by atoms with E-state index in [9.17, 15) is 19.8 Å². The number of ketones is 1. The first-order chi connectivity index (χ1) is 24.0. The number of amides is 2. The van der Waals surface area contributed by atoms with Crippen molar-refractivity contribution in [1.82, 2.24) is 10.2 Å². The molecule has 7 heteroatoms. The van der Waals surface area contributed by atoms with Crippen molar-refractivity contribution in [3.8, 4) is 0 Å². The summed E-state index contributed by atoms with van der Waals surface area (Å²) >= 11 is 1.51. The summed E-state index contributed by atoms with van der Waals surface area (Å²) in [7, 11) is 0. The van der Waals surface area contributed by atoms with E-state index in [1.807, 2.05) is 73.7 Å². The molecule has 50 heavy (non-hydrogen) atoms. The largest absolute Gasteiger partial charge is 0.393 e. The molecule has 7 rings (SSSR count). The third-order valence-corrected chi connectivity index (χ3v) is 12.6. The number of carbonyl (C=O) groups is 2. The zero-order valence-corrected chi connectivity index (χ0v) is 30.8. The monoisotopic (exact) mass is 692 g/mol. The molecule has 6 nitrogen and oxygen atoms in total. The number of benzene rings is 3. The standard InChI is InChI=1S/C43H52N2O4S/c1-5-24-45(41(48)44-30(3)32-13-7-6-8-14-32)28-43(49)23-21-37-35-20-18-31(25-34(46)19-17-29(2)12-11-22-42(37,43)4)26-36(35)40(47)39-27-33-15-9-10-16-38(33)50-39/h6-10,12-16,18,20,26-27,30,34,37,46,49H,5,11,17,19,21-25,28H2,1-4H3,(H,44,48). The van der Waals surface area contributed by atoms with Crippen molar-refractivity contribution in [3.05, 3.63) is 118 Å². The molecule has 1 fully saturated rings. The van der Waals surface area contributed by atoms with Crippen molar-refractivity contribution >= 4 is 33.2 Å². The highest BCUT2D eigenvalue weighted by Gasteiger charge is 2.57. The Morgan fingerprint density at radius 2 is 1.78 bits per heavy atom. The Bertz CT molecular complexity index is 1820. The summed E-state index contributed by atoms with van der Waals surface area (Å²) < 4.78 is 1.07. The number of fused-ring (bicyclic) bond motifs is 9. The van der Waals surface area contributed by atoms with Gasteiger partial charge in [0, 0.05) is 22.2 Å². The van der Waals surface area contributed by atoms with Gasteiger partial charge in [0.05, 0.1) is 29.2 Å². The van der Waals surface area contributed by atoms with E-state index in [1.165, 1.54) is 16.9 Å². The summed E-state index contributed by atoms with van der Waals surface area (Å²) in [5, 5.41) is 28.1. The minimum absolute atomic E-state index is 0.0138. The number of carbonyl (C=O) groups excluding carboxylic acids is 2. The third kappa shape index (κ3) is 7.46. The molecular weight excluding hydrogens is 641 g/mol. The number of thiophene rings is 1. The van der Waals surface area contributed by atoms with E-state index in [0.29, 0.717) is 49.1 Å². The van der Waals surface area contributed by atoms with E-state index < -0.39 is 17.1 Å². The van der Waals surface area contributed by atoms with Crippen LogP contribution in [0.4, 0.5) is 4.79 Å². The highest BCUT2D eigenvalue weighted by atomic mass is 32.1. The van der Waals surface area contributed by atoms with Crippen molar-refractivity contribution < 1.29 is 19.8 Å². The summed E-state index contributed by atoms with van der Waals surface area (Å²) in [6.45, 7) is 9.10. The lowest BCUT2D eigenvalue weighted by atomic mass is 9.64. The molecule has 0 spiro atoms. The molecule has 5 atom stereocenters. The molecule has 3 aliphatic rings. The number of hydrogen-bond donors (Lipinski definition) is 3. The van der Waals surface area contributed by atoms with Crippen LogP contribution in [0.3, 0.4) is 0 Å². The molecule has 3 N–H and O–H groups in total. The lowest BCUT2D eigenvalue weighted by molar-refractivity contribution is -0.0770. The summed E-state index contributed by atoms with van der Waals surface area (Å²) in [6, 6.07) is 25.8. The number of aliphatic hydroxyl groups is 2. The van der Waals surface area contributed by atoms with Crippen molar-refractivity contribution in [2.45, 2.75) is 103 Å². The van der Waals surface area contributed by atoms with Crippen LogP contribution in [0.25, 0.3) is 10.1 Å². The quantitative estimate of drug-likeness (QED) is 0.127. The molecule has 4 aromatic rings.